The number of amides is 1. The predicted molar refractivity (Wildman–Crippen MR) is 113 cm³/mol. The fourth-order valence-electron chi connectivity index (χ4n) is 3.42. The number of nitrogens with zero attached hydrogens (tertiary/aromatic N) is 1. The van der Waals surface area contributed by atoms with Gasteiger partial charge in [0.25, 0.3) is 5.91 Å². The van der Waals surface area contributed by atoms with E-state index >= 15 is 0 Å². The van der Waals surface area contributed by atoms with Gasteiger partial charge in [-0.2, -0.15) is 13.2 Å². The molecule has 0 aliphatic heterocycles. The number of halogens is 3. The van der Waals surface area contributed by atoms with Crippen LogP contribution in [-0.2, 0) is 25.7 Å². The number of benzene rings is 2. The lowest BCUT2D eigenvalue weighted by Gasteiger charge is -2.12. The molecule has 1 amide bonds. The normalized spacial score (nSPS) is 11.7. The highest BCUT2D eigenvalue weighted by molar-refractivity contribution is 7.17. The number of aromatic nitrogens is 1. The van der Waals surface area contributed by atoms with Gasteiger partial charge in [0.1, 0.15) is 5.69 Å². The third-order valence-corrected chi connectivity index (χ3v) is 5.78. The van der Waals surface area contributed by atoms with Crippen LogP contribution in [0.3, 0.4) is 0 Å². The Bertz CT molecular complexity index is 1160. The van der Waals surface area contributed by atoms with Crippen molar-refractivity contribution in [2.75, 3.05) is 0 Å². The van der Waals surface area contributed by atoms with Gasteiger partial charge in [0, 0.05) is 13.1 Å². The van der Waals surface area contributed by atoms with E-state index in [1.165, 1.54) is 11.6 Å². The Morgan fingerprint density at radius 2 is 1.73 bits per heavy atom. The summed E-state index contributed by atoms with van der Waals surface area (Å²) in [5.41, 5.74) is 2.35. The number of nitrogens with one attached hydrogen (secondary N) is 1. The van der Waals surface area contributed by atoms with Gasteiger partial charge < -0.3 is 9.88 Å². The van der Waals surface area contributed by atoms with Crippen LogP contribution in [0.2, 0.25) is 0 Å². The van der Waals surface area contributed by atoms with Gasteiger partial charge in [0.05, 0.1) is 15.8 Å². The fourth-order valence-corrected chi connectivity index (χ4v) is 4.24. The van der Waals surface area contributed by atoms with Crippen molar-refractivity contribution in [1.82, 2.24) is 9.88 Å². The van der Waals surface area contributed by atoms with Crippen LogP contribution in [0.4, 0.5) is 13.2 Å². The first-order chi connectivity index (χ1) is 14.4. The van der Waals surface area contributed by atoms with Crippen LogP contribution in [0.15, 0.2) is 72.1 Å². The molecule has 0 saturated heterocycles. The summed E-state index contributed by atoms with van der Waals surface area (Å²) in [6, 6.07) is 18.8. The molecule has 2 heterocycles. The summed E-state index contributed by atoms with van der Waals surface area (Å²) in [5, 5.41) is 4.74. The average Bonchev–Trinajstić information content (AvgIpc) is 3.32. The number of carbonyl (C=O) groups is 1. The summed E-state index contributed by atoms with van der Waals surface area (Å²) in [6.07, 6.45) is -3.63. The molecule has 0 unspecified atom stereocenters. The first kappa shape index (κ1) is 20.2. The first-order valence-corrected chi connectivity index (χ1v) is 10.3. The first-order valence-electron chi connectivity index (χ1n) is 9.47. The molecule has 0 aliphatic carbocycles. The van der Waals surface area contributed by atoms with Gasteiger partial charge in [-0.05, 0) is 47.2 Å². The molecule has 0 aliphatic rings. The van der Waals surface area contributed by atoms with Gasteiger partial charge in [-0.25, -0.2) is 0 Å². The minimum absolute atomic E-state index is 0.0280. The van der Waals surface area contributed by atoms with Crippen LogP contribution >= 0.6 is 11.3 Å². The SMILES string of the molecule is O=C(NCc1cccc(C(F)(F)F)c1)c1cc2sccc2n1CCc1ccccc1. The fraction of sp³-hybridized carbons (Fsp3) is 0.174. The third kappa shape index (κ3) is 4.41. The van der Waals surface area contributed by atoms with Gasteiger partial charge in [0.2, 0.25) is 0 Å². The second kappa shape index (κ2) is 8.36. The standard InChI is InChI=1S/C23H19F3N2OS/c24-23(25,26)18-8-4-7-17(13-18)15-27-22(29)20-14-21-19(10-12-30-21)28(20)11-9-16-5-2-1-3-6-16/h1-8,10,12-14H,9,11,15H2,(H,27,29). The zero-order chi connectivity index (χ0) is 21.1. The van der Waals surface area contributed by atoms with E-state index in [4.69, 9.17) is 0 Å². The van der Waals surface area contributed by atoms with E-state index in [9.17, 15) is 18.0 Å². The molecular formula is C23H19F3N2OS. The van der Waals surface area contributed by atoms with E-state index in [0.29, 0.717) is 17.8 Å². The van der Waals surface area contributed by atoms with Crippen LogP contribution < -0.4 is 5.32 Å². The molecule has 154 valence electrons. The van der Waals surface area contributed by atoms with Crippen molar-refractivity contribution in [3.8, 4) is 0 Å². The minimum atomic E-state index is -4.41. The molecule has 0 atom stereocenters. The zero-order valence-corrected chi connectivity index (χ0v) is 16.8. The highest BCUT2D eigenvalue weighted by atomic mass is 32.1. The number of hydrogen-bond donors (Lipinski definition) is 1. The maximum absolute atomic E-state index is 12.9. The quantitative estimate of drug-likeness (QED) is 0.408. The number of alkyl halides is 3. The summed E-state index contributed by atoms with van der Waals surface area (Å²) in [7, 11) is 0. The molecule has 3 nitrogen and oxygen atoms in total. The van der Waals surface area contributed by atoms with Crippen LogP contribution in [0.5, 0.6) is 0 Å². The van der Waals surface area contributed by atoms with Crippen LogP contribution in [-0.4, -0.2) is 10.5 Å². The maximum atomic E-state index is 12.9. The monoisotopic (exact) mass is 428 g/mol. The van der Waals surface area contributed by atoms with E-state index in [0.717, 1.165) is 28.8 Å². The van der Waals surface area contributed by atoms with Crippen LogP contribution in [0.25, 0.3) is 10.2 Å². The zero-order valence-electron chi connectivity index (χ0n) is 15.9. The van der Waals surface area contributed by atoms with Gasteiger partial charge in [-0.3, -0.25) is 4.79 Å². The summed E-state index contributed by atoms with van der Waals surface area (Å²) in [6.45, 7) is 0.664. The molecule has 4 rings (SSSR count). The molecule has 0 spiro atoms. The van der Waals surface area contributed by atoms with E-state index in [1.54, 1.807) is 17.4 Å². The molecule has 7 heteroatoms. The van der Waals surface area contributed by atoms with Crippen molar-refractivity contribution in [3.05, 3.63) is 94.5 Å². The Kier molecular flexibility index (Phi) is 5.63. The second-order valence-electron chi connectivity index (χ2n) is 6.97. The number of aryl methyl sites for hydroxylation is 2. The highest BCUT2D eigenvalue weighted by Gasteiger charge is 2.30. The molecule has 2 aromatic heterocycles. The van der Waals surface area contributed by atoms with Crippen molar-refractivity contribution in [1.29, 1.82) is 0 Å². The lowest BCUT2D eigenvalue weighted by Crippen LogP contribution is -2.26. The van der Waals surface area contributed by atoms with Crippen LogP contribution in [0, 0.1) is 0 Å². The van der Waals surface area contributed by atoms with Crippen molar-refractivity contribution >= 4 is 27.5 Å². The van der Waals surface area contributed by atoms with Crippen LogP contribution in [0.1, 0.15) is 27.2 Å². The van der Waals surface area contributed by atoms with Gasteiger partial charge in [0.15, 0.2) is 0 Å². The summed E-state index contributed by atoms with van der Waals surface area (Å²) in [5.74, 6) is -0.302. The number of hydrogen-bond acceptors (Lipinski definition) is 2. The molecule has 0 radical (unpaired) electrons. The summed E-state index contributed by atoms with van der Waals surface area (Å²) >= 11 is 1.55. The van der Waals surface area contributed by atoms with Crippen molar-refractivity contribution in [2.24, 2.45) is 0 Å². The minimum Gasteiger partial charge on any atom is -0.347 e. The molecular weight excluding hydrogens is 409 g/mol. The van der Waals surface area contributed by atoms with Crippen molar-refractivity contribution in [3.63, 3.8) is 0 Å². The predicted octanol–water partition coefficient (Wildman–Crippen LogP) is 5.89. The third-order valence-electron chi connectivity index (χ3n) is 4.93. The largest absolute Gasteiger partial charge is 0.416 e. The lowest BCUT2D eigenvalue weighted by atomic mass is 10.1. The van der Waals surface area contributed by atoms with Gasteiger partial charge in [-0.15, -0.1) is 11.3 Å². The number of thiophene rings is 1. The van der Waals surface area contributed by atoms with E-state index < -0.39 is 11.7 Å². The Hall–Kier alpha value is -3.06. The Labute approximate surface area is 175 Å². The molecule has 0 fully saturated rings. The Morgan fingerprint density at radius 3 is 2.50 bits per heavy atom. The van der Waals surface area contributed by atoms with E-state index in [1.807, 2.05) is 52.4 Å². The maximum Gasteiger partial charge on any atom is 0.416 e. The Balaban J connectivity index is 1.51. The molecule has 0 saturated carbocycles. The smallest absolute Gasteiger partial charge is 0.347 e. The van der Waals surface area contributed by atoms with Crippen molar-refractivity contribution < 1.29 is 18.0 Å². The topological polar surface area (TPSA) is 34.0 Å². The van der Waals surface area contributed by atoms with Crippen molar-refractivity contribution in [2.45, 2.75) is 25.7 Å². The van der Waals surface area contributed by atoms with E-state index in [2.05, 4.69) is 5.32 Å². The number of rotatable bonds is 6. The Morgan fingerprint density at radius 1 is 0.967 bits per heavy atom. The van der Waals surface area contributed by atoms with E-state index in [-0.39, 0.29) is 12.5 Å². The number of fused-ring (bicyclic) bond motifs is 1. The average molecular weight is 428 g/mol. The van der Waals surface area contributed by atoms with Gasteiger partial charge in [-0.1, -0.05) is 42.5 Å². The highest BCUT2D eigenvalue weighted by Crippen LogP contribution is 2.29. The molecule has 0 bridgehead atoms. The van der Waals surface area contributed by atoms with Gasteiger partial charge >= 0.3 is 6.18 Å². The molecule has 1 N–H and O–H groups in total. The molecule has 4 aromatic rings. The molecule has 2 aromatic carbocycles. The summed E-state index contributed by atoms with van der Waals surface area (Å²) < 4.78 is 41.7. The lowest BCUT2D eigenvalue weighted by molar-refractivity contribution is -0.137. The summed E-state index contributed by atoms with van der Waals surface area (Å²) in [4.78, 5) is 12.9. The number of carbonyl (C=O) groups excluding carboxylic acids is 1. The second-order valence-corrected chi connectivity index (χ2v) is 7.92. The molecule has 30 heavy (non-hydrogen) atoms.